The Kier molecular flexibility index (Phi) is 4.34. The zero-order valence-corrected chi connectivity index (χ0v) is 12.9. The first-order valence-electron chi connectivity index (χ1n) is 7.14. The molecule has 0 saturated carbocycles. The van der Waals surface area contributed by atoms with Crippen LogP contribution < -0.4 is 11.3 Å². The number of ether oxygens (including phenoxy) is 1. The Morgan fingerprint density at radius 1 is 1.57 bits per heavy atom. The first kappa shape index (κ1) is 14.6. The van der Waals surface area contributed by atoms with Crippen LogP contribution in [-0.2, 0) is 11.3 Å². The molecule has 3 rings (SSSR count). The molecule has 7 heteroatoms. The first-order chi connectivity index (χ1) is 10.2. The number of aromatic nitrogens is 2. The number of nitrogens with zero attached hydrogens (tertiary/aromatic N) is 3. The SMILES string of the molecule is COC1CCN(Cc2cc(=O)n3ccsc3n2)C(CN)C1. The smallest absolute Gasteiger partial charge is 0.258 e. The summed E-state index contributed by atoms with van der Waals surface area (Å²) in [5.74, 6) is 0. The number of thiazole rings is 1. The zero-order chi connectivity index (χ0) is 14.8. The molecule has 1 fully saturated rings. The van der Waals surface area contributed by atoms with Crippen LogP contribution in [-0.4, -0.2) is 46.6 Å². The second-order valence-electron chi connectivity index (χ2n) is 5.38. The van der Waals surface area contributed by atoms with Crippen LogP contribution in [0.25, 0.3) is 4.96 Å². The fourth-order valence-electron chi connectivity index (χ4n) is 2.91. The molecule has 3 heterocycles. The van der Waals surface area contributed by atoms with Crippen molar-refractivity contribution in [2.75, 3.05) is 20.2 Å². The summed E-state index contributed by atoms with van der Waals surface area (Å²) in [6.45, 7) is 2.19. The van der Waals surface area contributed by atoms with Gasteiger partial charge in [0.2, 0.25) is 0 Å². The summed E-state index contributed by atoms with van der Waals surface area (Å²) in [5, 5.41) is 1.88. The lowest BCUT2D eigenvalue weighted by Gasteiger charge is -2.38. The van der Waals surface area contributed by atoms with Gasteiger partial charge in [0.25, 0.3) is 5.56 Å². The van der Waals surface area contributed by atoms with Crippen molar-refractivity contribution in [2.45, 2.75) is 31.5 Å². The number of fused-ring (bicyclic) bond motifs is 1. The quantitative estimate of drug-likeness (QED) is 0.900. The molecule has 0 aliphatic carbocycles. The maximum Gasteiger partial charge on any atom is 0.258 e. The first-order valence-corrected chi connectivity index (χ1v) is 8.02. The summed E-state index contributed by atoms with van der Waals surface area (Å²) in [7, 11) is 1.75. The predicted octanol–water partition coefficient (Wildman–Crippen LogP) is 0.694. The highest BCUT2D eigenvalue weighted by molar-refractivity contribution is 7.15. The molecule has 21 heavy (non-hydrogen) atoms. The molecule has 0 bridgehead atoms. The van der Waals surface area contributed by atoms with E-state index < -0.39 is 0 Å². The molecule has 2 aromatic heterocycles. The van der Waals surface area contributed by atoms with Gasteiger partial charge in [-0.1, -0.05) is 0 Å². The Morgan fingerprint density at radius 2 is 2.43 bits per heavy atom. The maximum atomic E-state index is 12.0. The van der Waals surface area contributed by atoms with Gasteiger partial charge < -0.3 is 10.5 Å². The average Bonchev–Trinajstić information content (AvgIpc) is 2.96. The lowest BCUT2D eigenvalue weighted by Crippen LogP contribution is -2.48. The van der Waals surface area contributed by atoms with Crippen molar-refractivity contribution in [1.82, 2.24) is 14.3 Å². The lowest BCUT2D eigenvalue weighted by atomic mass is 9.99. The summed E-state index contributed by atoms with van der Waals surface area (Å²) >= 11 is 1.48. The van der Waals surface area contributed by atoms with Gasteiger partial charge in [-0.2, -0.15) is 0 Å². The van der Waals surface area contributed by atoms with Crippen molar-refractivity contribution in [2.24, 2.45) is 5.73 Å². The van der Waals surface area contributed by atoms with Crippen LogP contribution in [0.15, 0.2) is 22.4 Å². The average molecular weight is 308 g/mol. The van der Waals surface area contributed by atoms with E-state index in [0.717, 1.165) is 30.0 Å². The van der Waals surface area contributed by atoms with Gasteiger partial charge in [-0.15, -0.1) is 11.3 Å². The molecule has 1 saturated heterocycles. The highest BCUT2D eigenvalue weighted by Gasteiger charge is 2.27. The highest BCUT2D eigenvalue weighted by atomic mass is 32.1. The number of nitrogens with two attached hydrogens (primary N) is 1. The topological polar surface area (TPSA) is 72.9 Å². The fraction of sp³-hybridized carbons (Fsp3) is 0.571. The van der Waals surface area contributed by atoms with Gasteiger partial charge in [0.1, 0.15) is 0 Å². The molecular formula is C14H20N4O2S. The molecule has 0 radical (unpaired) electrons. The predicted molar refractivity (Wildman–Crippen MR) is 82.6 cm³/mol. The van der Waals surface area contributed by atoms with Gasteiger partial charge in [0.15, 0.2) is 4.96 Å². The third-order valence-electron chi connectivity index (χ3n) is 4.12. The molecule has 2 unspecified atom stereocenters. The number of likely N-dealkylation sites (tertiary alicyclic amines) is 1. The number of rotatable bonds is 4. The molecule has 114 valence electrons. The molecule has 2 aromatic rings. The largest absolute Gasteiger partial charge is 0.381 e. The monoisotopic (exact) mass is 308 g/mol. The highest BCUT2D eigenvalue weighted by Crippen LogP contribution is 2.21. The summed E-state index contributed by atoms with van der Waals surface area (Å²) in [5.41, 5.74) is 6.68. The van der Waals surface area contributed by atoms with E-state index in [1.807, 2.05) is 5.38 Å². The van der Waals surface area contributed by atoms with E-state index in [-0.39, 0.29) is 17.7 Å². The Hall–Kier alpha value is -1.28. The molecule has 2 atom stereocenters. The van der Waals surface area contributed by atoms with E-state index >= 15 is 0 Å². The van der Waals surface area contributed by atoms with E-state index in [0.29, 0.717) is 13.1 Å². The van der Waals surface area contributed by atoms with Gasteiger partial charge in [-0.3, -0.25) is 14.1 Å². The summed E-state index contributed by atoms with van der Waals surface area (Å²) < 4.78 is 7.01. The van der Waals surface area contributed by atoms with Crippen LogP contribution in [0.4, 0.5) is 0 Å². The van der Waals surface area contributed by atoms with Gasteiger partial charge in [-0.05, 0) is 12.8 Å². The Morgan fingerprint density at radius 3 is 3.19 bits per heavy atom. The minimum Gasteiger partial charge on any atom is -0.381 e. The summed E-state index contributed by atoms with van der Waals surface area (Å²) in [6.07, 6.45) is 3.97. The third kappa shape index (κ3) is 3.01. The van der Waals surface area contributed by atoms with Crippen LogP contribution in [0.3, 0.4) is 0 Å². The Labute approximate surface area is 127 Å². The minimum atomic E-state index is -0.0210. The zero-order valence-electron chi connectivity index (χ0n) is 12.1. The molecule has 1 aliphatic heterocycles. The van der Waals surface area contributed by atoms with Gasteiger partial charge in [-0.25, -0.2) is 4.98 Å². The van der Waals surface area contributed by atoms with E-state index in [2.05, 4.69) is 9.88 Å². The minimum absolute atomic E-state index is 0.0210. The van der Waals surface area contributed by atoms with Crippen molar-refractivity contribution >= 4 is 16.3 Å². The van der Waals surface area contributed by atoms with E-state index in [4.69, 9.17) is 10.5 Å². The third-order valence-corrected chi connectivity index (χ3v) is 4.87. The second kappa shape index (κ2) is 6.23. The van der Waals surface area contributed by atoms with Crippen molar-refractivity contribution in [3.63, 3.8) is 0 Å². The number of hydrogen-bond acceptors (Lipinski definition) is 6. The molecule has 0 aromatic carbocycles. The van der Waals surface area contributed by atoms with Gasteiger partial charge in [0, 0.05) is 50.4 Å². The summed E-state index contributed by atoms with van der Waals surface area (Å²) in [4.78, 5) is 19.6. The normalized spacial score (nSPS) is 23.7. The van der Waals surface area contributed by atoms with Gasteiger partial charge >= 0.3 is 0 Å². The Bertz CT molecular complexity index is 668. The standard InChI is InChI=1S/C14H20N4O2S/c1-20-12-2-3-17(11(7-12)8-15)9-10-6-13(19)18-4-5-21-14(18)16-10/h4-6,11-12H,2-3,7-9,15H2,1H3. The van der Waals surface area contributed by atoms with Gasteiger partial charge in [0.05, 0.1) is 11.8 Å². The van der Waals surface area contributed by atoms with Crippen LogP contribution in [0.2, 0.25) is 0 Å². The molecule has 0 amide bonds. The summed E-state index contributed by atoms with van der Waals surface area (Å²) in [6, 6.07) is 1.91. The number of methoxy groups -OCH3 is 1. The van der Waals surface area contributed by atoms with Crippen LogP contribution in [0.1, 0.15) is 18.5 Å². The molecule has 1 aliphatic rings. The van der Waals surface area contributed by atoms with E-state index in [1.54, 1.807) is 23.8 Å². The Balaban J connectivity index is 1.79. The van der Waals surface area contributed by atoms with Crippen molar-refractivity contribution < 1.29 is 4.74 Å². The maximum absolute atomic E-state index is 12.0. The van der Waals surface area contributed by atoms with Crippen molar-refractivity contribution in [1.29, 1.82) is 0 Å². The second-order valence-corrected chi connectivity index (χ2v) is 6.26. The molecule has 0 spiro atoms. The van der Waals surface area contributed by atoms with Crippen LogP contribution in [0.5, 0.6) is 0 Å². The lowest BCUT2D eigenvalue weighted by molar-refractivity contribution is 0.00979. The van der Waals surface area contributed by atoms with Crippen molar-refractivity contribution in [3.05, 3.63) is 33.7 Å². The van der Waals surface area contributed by atoms with E-state index in [9.17, 15) is 4.79 Å². The number of hydrogen-bond donors (Lipinski definition) is 1. The fourth-order valence-corrected chi connectivity index (χ4v) is 3.65. The number of piperidine rings is 1. The van der Waals surface area contributed by atoms with Crippen LogP contribution in [0, 0.1) is 0 Å². The molecule has 6 nitrogen and oxygen atoms in total. The molecule has 2 N–H and O–H groups in total. The van der Waals surface area contributed by atoms with E-state index in [1.165, 1.54) is 11.3 Å². The van der Waals surface area contributed by atoms with Crippen LogP contribution >= 0.6 is 11.3 Å². The van der Waals surface area contributed by atoms with Crippen molar-refractivity contribution in [3.8, 4) is 0 Å². The molecular weight excluding hydrogens is 288 g/mol.